The Kier molecular flexibility index (Phi) is 22.4. The number of carbonyl (C=O) groups excluding carboxylic acids is 6. The molecule has 3 atom stereocenters. The molecule has 3 aliphatic heterocycles. The molecule has 0 unspecified atom stereocenters. The minimum Gasteiger partial charge on any atom is -0.374 e. The number of nitrogens with zero attached hydrogens (tertiary/aromatic N) is 9. The van der Waals surface area contributed by atoms with Gasteiger partial charge in [0.15, 0.2) is 0 Å². The highest BCUT2D eigenvalue weighted by Gasteiger charge is 2.32. The topological polar surface area (TPSA) is 228 Å². The predicted octanol–water partition coefficient (Wildman–Crippen LogP) is 9.71. The Morgan fingerprint density at radius 2 is 0.866 bits per heavy atom. The first-order valence-corrected chi connectivity index (χ1v) is 32.5. The van der Waals surface area contributed by atoms with Crippen LogP contribution >= 0.6 is 23.2 Å². The van der Waals surface area contributed by atoms with E-state index in [0.717, 1.165) is 58.0 Å². The van der Waals surface area contributed by atoms with Crippen LogP contribution in [0.4, 0.5) is 17.6 Å². The third-order valence-electron chi connectivity index (χ3n) is 17.2. The highest BCUT2D eigenvalue weighted by Crippen LogP contribution is 2.36. The molecule has 510 valence electrons. The average Bonchev–Trinajstić information content (AvgIpc) is 1.66. The maximum atomic E-state index is 15.1. The van der Waals surface area contributed by atoms with Crippen LogP contribution in [0.1, 0.15) is 92.9 Å². The van der Waals surface area contributed by atoms with Crippen LogP contribution in [0, 0.1) is 37.1 Å². The summed E-state index contributed by atoms with van der Waals surface area (Å²) >= 11 is 12.2. The van der Waals surface area contributed by atoms with Gasteiger partial charge in [0, 0.05) is 162 Å². The number of imidazole rings is 3. The number of aromatic nitrogens is 6. The summed E-state index contributed by atoms with van der Waals surface area (Å²) in [5, 5.41) is 8.22. The molecule has 12 rings (SSSR count). The van der Waals surface area contributed by atoms with Crippen LogP contribution in [0.15, 0.2) is 97.5 Å². The van der Waals surface area contributed by atoms with Gasteiger partial charge in [-0.15, -0.1) is 0 Å². The highest BCUT2D eigenvalue weighted by molar-refractivity contribution is 6.31. The smallest absolute Gasteiger partial charge is 0.251 e. The van der Waals surface area contributed by atoms with Crippen molar-refractivity contribution >= 4 is 75.6 Å². The van der Waals surface area contributed by atoms with E-state index in [0.29, 0.717) is 117 Å². The monoisotopic (exact) mass is 1370 g/mol. The minimum atomic E-state index is -0.908. The fourth-order valence-electron chi connectivity index (χ4n) is 12.3. The fourth-order valence-corrected chi connectivity index (χ4v) is 12.6. The van der Waals surface area contributed by atoms with Crippen LogP contribution in [0.25, 0.3) is 50.7 Å². The van der Waals surface area contributed by atoms with Crippen LogP contribution < -0.4 is 16.0 Å². The first kappa shape index (κ1) is 70.5. The predicted molar refractivity (Wildman–Crippen MR) is 358 cm³/mol. The van der Waals surface area contributed by atoms with Gasteiger partial charge in [0.1, 0.15) is 40.2 Å². The molecule has 6 aromatic heterocycles. The molecule has 0 aliphatic carbocycles. The maximum Gasteiger partial charge on any atom is 0.251 e. The van der Waals surface area contributed by atoms with E-state index in [2.05, 4.69) is 49.4 Å². The van der Waals surface area contributed by atoms with Crippen molar-refractivity contribution in [2.75, 3.05) is 80.2 Å². The van der Waals surface area contributed by atoms with Gasteiger partial charge in [0.2, 0.25) is 17.7 Å². The molecule has 3 fully saturated rings. The first-order chi connectivity index (χ1) is 46.5. The zero-order valence-corrected chi connectivity index (χ0v) is 56.3. The van der Waals surface area contributed by atoms with E-state index in [1.54, 1.807) is 69.2 Å². The summed E-state index contributed by atoms with van der Waals surface area (Å²) in [7, 11) is 4.39. The van der Waals surface area contributed by atoms with Gasteiger partial charge >= 0.3 is 0 Å². The lowest BCUT2D eigenvalue weighted by atomic mass is 9.99. The van der Waals surface area contributed by atoms with Crippen LogP contribution in [0.2, 0.25) is 10.0 Å². The molecule has 0 saturated carbocycles. The van der Waals surface area contributed by atoms with Crippen molar-refractivity contribution in [3.05, 3.63) is 176 Å². The molecule has 3 aliphatic rings. The second kappa shape index (κ2) is 30.9. The van der Waals surface area contributed by atoms with Crippen molar-refractivity contribution in [3.63, 3.8) is 0 Å². The lowest BCUT2D eigenvalue weighted by molar-refractivity contribution is -0.139. The highest BCUT2D eigenvalue weighted by atomic mass is 35.5. The number of pyridine rings is 3. The molecular formula is C70H74Cl2F4N12O9. The normalized spacial score (nSPS) is 16.4. The largest absolute Gasteiger partial charge is 0.374 e. The van der Waals surface area contributed by atoms with Crippen molar-refractivity contribution in [2.45, 2.75) is 85.0 Å². The third-order valence-corrected chi connectivity index (χ3v) is 17.7. The Hall–Kier alpha value is -9.27. The number of halogens is 6. The molecule has 0 radical (unpaired) electrons. The van der Waals surface area contributed by atoms with Crippen molar-refractivity contribution in [2.24, 2.45) is 0 Å². The number of morpholine rings is 3. The summed E-state index contributed by atoms with van der Waals surface area (Å²) in [6, 6.07) is 20.2. The molecule has 21 nitrogen and oxygen atoms in total. The Labute approximate surface area is 567 Å². The number of nitrogens with one attached hydrogen (secondary N) is 3. The zero-order chi connectivity index (χ0) is 69.5. The lowest BCUT2D eigenvalue weighted by Crippen LogP contribution is -2.46. The van der Waals surface area contributed by atoms with Gasteiger partial charge in [0.05, 0.1) is 83.4 Å². The second-order valence-corrected chi connectivity index (χ2v) is 24.5. The molecule has 27 heteroatoms. The van der Waals surface area contributed by atoms with Gasteiger partial charge in [0.25, 0.3) is 17.7 Å². The number of amides is 6. The molecule has 3 saturated heterocycles. The number of rotatable bonds is 14. The van der Waals surface area contributed by atoms with Gasteiger partial charge in [-0.25, -0.2) is 32.5 Å². The molecule has 3 N–H and O–H groups in total. The van der Waals surface area contributed by atoms with Crippen LogP contribution in [0.5, 0.6) is 0 Å². The quantitative estimate of drug-likeness (QED) is 0.0865. The Balaban J connectivity index is 0.000000158. The van der Waals surface area contributed by atoms with Crippen LogP contribution in [-0.2, 0) is 47.9 Å². The Morgan fingerprint density at radius 3 is 1.27 bits per heavy atom. The molecule has 0 bridgehead atoms. The van der Waals surface area contributed by atoms with Gasteiger partial charge in [-0.2, -0.15) is 0 Å². The third kappa shape index (κ3) is 15.8. The summed E-state index contributed by atoms with van der Waals surface area (Å²) < 4.78 is 83.5. The van der Waals surface area contributed by atoms with Crippen molar-refractivity contribution in [1.29, 1.82) is 0 Å². The standard InChI is InChI=1S/C25H30N4O3.C23H23ClF2N4O3.C22H21ClF2N4O3/c1-5-23(30)28-10-11-32-19(15-28)14-21-24(27-22-12-16(2)8-9-29(21)22)20-7-6-18(13-17(20)3)25(31)26-4;1-3-20(31)29-6-7-33-15(12-29)11-18-22(28-19-10-14(24)4-5-30(18)19)21-16(25)8-13(9-17(21)26)23(32)27-2;1-12(30)28-5-6-32-15(11-28)10-18-21(27-19-9-14(23)3-4-29(18)19)20-16(24)7-13(8-17(20)25)22(31)26-2/h6-9,12-13,19H,5,10-11,14-15H2,1-4H3,(H,26,31);4-5,8-10,15H,3,6-7,11-12H2,1-2H3,(H,27,32);3-4,7-9,15H,5-6,10-11H2,1-2H3,(H,26,31)/t19-;2*15-/m000/s1. The summed E-state index contributed by atoms with van der Waals surface area (Å²) in [5.74, 6) is -4.82. The van der Waals surface area contributed by atoms with Gasteiger partial charge in [-0.1, -0.05) is 43.1 Å². The molecule has 97 heavy (non-hydrogen) atoms. The number of hydrogen-bond donors (Lipinski definition) is 3. The van der Waals surface area contributed by atoms with E-state index >= 15 is 17.6 Å². The molecular weight excluding hydrogens is 1300 g/mol. The summed E-state index contributed by atoms with van der Waals surface area (Å²) in [5.41, 5.74) is 7.66. The first-order valence-electron chi connectivity index (χ1n) is 31.7. The van der Waals surface area contributed by atoms with Crippen molar-refractivity contribution in [3.8, 4) is 33.8 Å². The van der Waals surface area contributed by atoms with E-state index < -0.39 is 35.1 Å². The molecule has 6 amide bonds. The van der Waals surface area contributed by atoms with Crippen molar-refractivity contribution in [1.82, 2.24) is 58.8 Å². The Morgan fingerprint density at radius 1 is 0.495 bits per heavy atom. The van der Waals surface area contributed by atoms with E-state index in [9.17, 15) is 28.8 Å². The molecule has 9 aromatic rings. The van der Waals surface area contributed by atoms with Crippen LogP contribution in [0.3, 0.4) is 0 Å². The number of benzene rings is 3. The molecule has 0 spiro atoms. The summed E-state index contributed by atoms with van der Waals surface area (Å²) in [6.45, 7) is 13.5. The van der Waals surface area contributed by atoms with Crippen molar-refractivity contribution < 1.29 is 60.5 Å². The minimum absolute atomic E-state index is 0.0234. The fraction of sp³-hybridized carbons (Fsp3) is 0.357. The summed E-state index contributed by atoms with van der Waals surface area (Å²) in [6.07, 6.45) is 6.61. The number of hydrogen-bond acceptors (Lipinski definition) is 12. The number of aryl methyl sites for hydroxylation is 2. The SMILES string of the molecule is CCC(=O)N1CCO[C@@H](Cc2c(-c3c(F)cc(C(=O)NC)cc3F)nc3cc(Cl)ccn23)C1.CCC(=O)N1CCO[C@@H](Cc2c(-c3ccc(C(=O)NC)cc3C)nc3cc(C)ccn23)C1.CNC(=O)c1cc(F)c(-c2nc3cc(Cl)ccn3c2C[C@H]2CN(C(C)=O)CCO2)c(F)c1. The Bertz CT molecular complexity index is 4460. The summed E-state index contributed by atoms with van der Waals surface area (Å²) in [4.78, 5) is 91.1. The van der Waals surface area contributed by atoms with E-state index in [1.165, 1.54) is 21.0 Å². The molecule has 9 heterocycles. The number of ether oxygens (including phenoxy) is 3. The van der Waals surface area contributed by atoms with E-state index in [-0.39, 0.29) is 88.4 Å². The zero-order valence-electron chi connectivity index (χ0n) is 54.8. The van der Waals surface area contributed by atoms with Gasteiger partial charge in [-0.05, 0) is 85.6 Å². The average molecular weight is 1370 g/mol. The number of carbonyl (C=O) groups is 6. The molecule has 3 aromatic carbocycles. The van der Waals surface area contributed by atoms with Gasteiger partial charge in [-0.3, -0.25) is 28.8 Å². The maximum absolute atomic E-state index is 15.1. The van der Waals surface area contributed by atoms with E-state index in [1.807, 2.05) is 43.1 Å². The van der Waals surface area contributed by atoms with Crippen LogP contribution in [-0.4, -0.2) is 177 Å². The number of fused-ring (bicyclic) bond motifs is 3. The van der Waals surface area contributed by atoms with E-state index in [4.69, 9.17) is 42.4 Å². The lowest BCUT2D eigenvalue weighted by Gasteiger charge is -2.33. The second-order valence-electron chi connectivity index (χ2n) is 23.6. The van der Waals surface area contributed by atoms with Gasteiger partial charge < -0.3 is 58.1 Å².